The van der Waals surface area contributed by atoms with Crippen LogP contribution in [0, 0.1) is 35.5 Å². The summed E-state index contributed by atoms with van der Waals surface area (Å²) in [5, 5.41) is 7.42. The van der Waals surface area contributed by atoms with Crippen LogP contribution in [0.3, 0.4) is 0 Å². The average molecular weight is 166 g/mol. The molecule has 0 heterocycles. The fourth-order valence-corrected chi connectivity index (χ4v) is 4.19. The number of carboxylic acid groups (broad SMARTS) is 1. The first-order chi connectivity index (χ1) is 5.70. The van der Waals surface area contributed by atoms with Gasteiger partial charge in [-0.25, -0.2) is 0 Å². The lowest BCUT2D eigenvalue weighted by Crippen LogP contribution is -2.79. The molecule has 0 radical (unpaired) electrons. The van der Waals surface area contributed by atoms with Crippen molar-refractivity contribution in [2.24, 2.45) is 35.5 Å². The van der Waals surface area contributed by atoms with E-state index in [1.54, 1.807) is 12.8 Å². The summed E-state index contributed by atoms with van der Waals surface area (Å²) < 4.78 is 0. The Morgan fingerprint density at radius 2 is 1.33 bits per heavy atom. The molecule has 1 N–H and O–H groups in total. The Hall–Kier alpha value is -0.530. The molecular formula is C10H14O2. The van der Waals surface area contributed by atoms with Gasteiger partial charge in [0, 0.05) is 6.92 Å². The summed E-state index contributed by atoms with van der Waals surface area (Å²) in [4.78, 5) is 9.00. The second-order valence-corrected chi connectivity index (χ2v) is 4.80. The minimum atomic E-state index is -0.833. The summed E-state index contributed by atoms with van der Waals surface area (Å²) >= 11 is 0. The van der Waals surface area contributed by atoms with Crippen molar-refractivity contribution in [2.45, 2.75) is 19.8 Å². The van der Waals surface area contributed by atoms with Gasteiger partial charge in [-0.15, -0.1) is 0 Å². The molecule has 0 aliphatic heterocycles. The molecule has 0 saturated heterocycles. The van der Waals surface area contributed by atoms with E-state index in [1.807, 2.05) is 0 Å². The Balaban J connectivity index is 0.000000109. The fourth-order valence-electron chi connectivity index (χ4n) is 4.19. The van der Waals surface area contributed by atoms with Gasteiger partial charge in [0.25, 0.3) is 5.97 Å². The van der Waals surface area contributed by atoms with Crippen LogP contribution in [0.4, 0.5) is 0 Å². The summed E-state index contributed by atoms with van der Waals surface area (Å²) in [5.41, 5.74) is 0. The summed E-state index contributed by atoms with van der Waals surface area (Å²) in [6, 6.07) is 0. The highest BCUT2D eigenvalue weighted by Gasteiger charge is 2.78. The van der Waals surface area contributed by atoms with E-state index in [9.17, 15) is 0 Å². The van der Waals surface area contributed by atoms with Crippen molar-refractivity contribution in [1.29, 1.82) is 0 Å². The van der Waals surface area contributed by atoms with Crippen LogP contribution in [-0.4, -0.2) is 11.1 Å². The Morgan fingerprint density at radius 1 is 1.08 bits per heavy atom. The van der Waals surface area contributed by atoms with Crippen LogP contribution in [0.15, 0.2) is 0 Å². The highest BCUT2D eigenvalue weighted by molar-refractivity contribution is 5.62. The lowest BCUT2D eigenvalue weighted by atomic mass is 9.20. The monoisotopic (exact) mass is 166 g/mol. The number of rotatable bonds is 0. The molecule has 66 valence electrons. The van der Waals surface area contributed by atoms with Crippen molar-refractivity contribution in [3.8, 4) is 0 Å². The fraction of sp³-hybridized carbons (Fsp3) is 0.900. The minimum Gasteiger partial charge on any atom is -0.481 e. The molecule has 12 heavy (non-hydrogen) atoms. The normalized spacial score (nSPS) is 60.1. The van der Waals surface area contributed by atoms with E-state index >= 15 is 0 Å². The van der Waals surface area contributed by atoms with E-state index < -0.39 is 5.97 Å². The molecule has 0 aromatic carbocycles. The standard InChI is InChI=1S/C8H10.C2H4O2/c1-3-5-2-6-4(1)7(3)8(5)6;1-2(3)4/h3-8H,1-2H2;1H3,(H,3,4). The van der Waals surface area contributed by atoms with Gasteiger partial charge in [-0.05, 0) is 48.3 Å². The second kappa shape index (κ2) is 1.86. The van der Waals surface area contributed by atoms with Gasteiger partial charge in [0.15, 0.2) is 0 Å². The molecule has 0 spiro atoms. The van der Waals surface area contributed by atoms with Gasteiger partial charge in [-0.3, -0.25) is 4.79 Å². The lowest BCUT2D eigenvalue weighted by Gasteiger charge is -2.85. The number of carbonyl (C=O) groups is 1. The Kier molecular flexibility index (Phi) is 1.07. The van der Waals surface area contributed by atoms with Crippen molar-refractivity contribution < 1.29 is 9.90 Å². The third kappa shape index (κ3) is 0.540. The maximum atomic E-state index is 9.00. The average Bonchev–Trinajstić information content (AvgIpc) is 1.99. The lowest BCUT2D eigenvalue weighted by molar-refractivity contribution is -0.369. The molecule has 0 amide bonds. The van der Waals surface area contributed by atoms with Crippen LogP contribution < -0.4 is 0 Å². The van der Waals surface area contributed by atoms with Crippen LogP contribution in [0.25, 0.3) is 0 Å². The Labute approximate surface area is 72.0 Å². The van der Waals surface area contributed by atoms with Crippen LogP contribution in [0.5, 0.6) is 0 Å². The number of aliphatic carboxylic acids is 1. The summed E-state index contributed by atoms with van der Waals surface area (Å²) in [5.74, 6) is 6.87. The molecule has 4 aliphatic rings. The molecule has 0 aromatic rings. The smallest absolute Gasteiger partial charge is 0.300 e. The SMILES string of the molecule is C1C2C3CC4C1C2C34.CC(=O)O. The van der Waals surface area contributed by atoms with Gasteiger partial charge in [0.2, 0.25) is 0 Å². The zero-order valence-corrected chi connectivity index (χ0v) is 7.23. The molecule has 4 unspecified atom stereocenters. The van der Waals surface area contributed by atoms with Crippen molar-refractivity contribution in [3.63, 3.8) is 0 Å². The first kappa shape index (κ1) is 6.93. The predicted octanol–water partition coefficient (Wildman–Crippen LogP) is 1.61. The van der Waals surface area contributed by atoms with Gasteiger partial charge in [0.1, 0.15) is 0 Å². The largest absolute Gasteiger partial charge is 0.481 e. The zero-order chi connectivity index (χ0) is 8.46. The zero-order valence-electron chi connectivity index (χ0n) is 7.23. The van der Waals surface area contributed by atoms with Gasteiger partial charge >= 0.3 is 0 Å². The number of carboxylic acids is 1. The van der Waals surface area contributed by atoms with Crippen LogP contribution >= 0.6 is 0 Å². The van der Waals surface area contributed by atoms with Gasteiger partial charge in [-0.1, -0.05) is 0 Å². The summed E-state index contributed by atoms with van der Waals surface area (Å²) in [6.07, 6.45) is 3.30. The van der Waals surface area contributed by atoms with Crippen molar-refractivity contribution in [1.82, 2.24) is 0 Å². The van der Waals surface area contributed by atoms with E-state index in [2.05, 4.69) is 0 Å². The van der Waals surface area contributed by atoms with E-state index in [0.29, 0.717) is 0 Å². The molecule has 0 bridgehead atoms. The first-order valence-corrected chi connectivity index (χ1v) is 4.89. The highest BCUT2D eigenvalue weighted by Crippen LogP contribution is 2.84. The predicted molar refractivity (Wildman–Crippen MR) is 43.5 cm³/mol. The van der Waals surface area contributed by atoms with Gasteiger partial charge < -0.3 is 5.11 Å². The summed E-state index contributed by atoms with van der Waals surface area (Å²) in [7, 11) is 0. The van der Waals surface area contributed by atoms with E-state index in [4.69, 9.17) is 9.90 Å². The van der Waals surface area contributed by atoms with Crippen molar-refractivity contribution >= 4 is 5.97 Å². The molecule has 4 saturated carbocycles. The number of hydrogen-bond acceptors (Lipinski definition) is 1. The quantitative estimate of drug-likeness (QED) is 0.593. The third-order valence-electron chi connectivity index (χ3n) is 4.61. The molecule has 2 nitrogen and oxygen atoms in total. The second-order valence-electron chi connectivity index (χ2n) is 4.80. The van der Waals surface area contributed by atoms with Crippen molar-refractivity contribution in [2.75, 3.05) is 0 Å². The van der Waals surface area contributed by atoms with Crippen LogP contribution in [0.2, 0.25) is 0 Å². The molecule has 4 aliphatic carbocycles. The maximum absolute atomic E-state index is 9.00. The molecule has 4 rings (SSSR count). The van der Waals surface area contributed by atoms with Crippen molar-refractivity contribution in [3.05, 3.63) is 0 Å². The maximum Gasteiger partial charge on any atom is 0.300 e. The van der Waals surface area contributed by atoms with Gasteiger partial charge in [0.05, 0.1) is 0 Å². The molecule has 4 fully saturated rings. The van der Waals surface area contributed by atoms with E-state index in [0.717, 1.165) is 6.92 Å². The van der Waals surface area contributed by atoms with Crippen LogP contribution in [-0.2, 0) is 4.79 Å². The van der Waals surface area contributed by atoms with Crippen LogP contribution in [0.1, 0.15) is 19.8 Å². The third-order valence-corrected chi connectivity index (χ3v) is 4.61. The minimum absolute atomic E-state index is 0.833. The number of fused-ring (bicyclic) bond motifs is 2. The topological polar surface area (TPSA) is 37.3 Å². The molecular weight excluding hydrogens is 152 g/mol. The molecule has 4 atom stereocenters. The van der Waals surface area contributed by atoms with E-state index in [-0.39, 0.29) is 0 Å². The molecule has 0 aromatic heterocycles. The molecule has 2 heteroatoms. The first-order valence-electron chi connectivity index (χ1n) is 4.89. The number of hydrogen-bond donors (Lipinski definition) is 1. The Bertz CT molecular complexity index is 185. The van der Waals surface area contributed by atoms with Gasteiger partial charge in [-0.2, -0.15) is 0 Å². The highest BCUT2D eigenvalue weighted by atomic mass is 16.4. The Morgan fingerprint density at radius 3 is 1.42 bits per heavy atom. The summed E-state index contributed by atoms with van der Waals surface area (Å²) in [6.45, 7) is 1.08. The van der Waals surface area contributed by atoms with E-state index in [1.165, 1.54) is 35.5 Å².